The van der Waals surface area contributed by atoms with E-state index in [9.17, 15) is 33.8 Å². The monoisotopic (exact) mass is 435 g/mol. The molecule has 5 nitrogen and oxygen atoms in total. The first-order chi connectivity index (χ1) is 14.5. The molecule has 31 heavy (non-hydrogen) atoms. The summed E-state index contributed by atoms with van der Waals surface area (Å²) < 4.78 is 44.9. The van der Waals surface area contributed by atoms with Gasteiger partial charge in [0.15, 0.2) is 5.60 Å². The van der Waals surface area contributed by atoms with Crippen molar-refractivity contribution in [1.82, 2.24) is 0 Å². The van der Waals surface area contributed by atoms with Crippen LogP contribution in [0.4, 0.5) is 13.2 Å². The highest BCUT2D eigenvalue weighted by molar-refractivity contribution is 5.44. The Morgan fingerprint density at radius 1 is 1.13 bits per heavy atom. The molecule has 0 spiro atoms. The number of hydrogen-bond acceptors (Lipinski definition) is 5. The van der Waals surface area contributed by atoms with E-state index in [0.29, 0.717) is 42.9 Å². The van der Waals surface area contributed by atoms with Gasteiger partial charge in [0.2, 0.25) is 0 Å². The van der Waals surface area contributed by atoms with Crippen molar-refractivity contribution in [3.8, 4) is 6.07 Å². The van der Waals surface area contributed by atoms with Crippen molar-refractivity contribution in [3.05, 3.63) is 70.3 Å². The van der Waals surface area contributed by atoms with E-state index in [0.717, 1.165) is 5.56 Å². The van der Waals surface area contributed by atoms with Crippen LogP contribution in [0, 0.1) is 11.3 Å². The van der Waals surface area contributed by atoms with Gasteiger partial charge >= 0.3 is 6.18 Å². The Morgan fingerprint density at radius 2 is 1.81 bits per heavy atom. The summed E-state index contributed by atoms with van der Waals surface area (Å²) in [5, 5.41) is 38.7. The lowest BCUT2D eigenvalue weighted by Gasteiger charge is -2.32. The minimum absolute atomic E-state index is 0.204. The topological polar surface area (TPSA) is 93.7 Å². The Hall–Kier alpha value is -2.44. The summed E-state index contributed by atoms with van der Waals surface area (Å²) >= 11 is 0. The van der Waals surface area contributed by atoms with Crippen molar-refractivity contribution in [2.45, 2.75) is 56.3 Å². The van der Waals surface area contributed by atoms with Crippen molar-refractivity contribution in [1.29, 1.82) is 5.26 Å². The molecular formula is C23H24F3NO4. The standard InChI is InChI=1S/C23H24F3NO4/c1-22(30,23(24,25)26)18-6-2-14(3-7-18)8-17-9-15(4-5-16(17)12-27)21-11-19(29)10-20(13-28)31-21/h2-7,9,19-21,28-30H,8,10-11,13H2,1H3/t19?,20-,21+,22?/m0/s1. The van der Waals surface area contributed by atoms with E-state index in [1.165, 1.54) is 24.3 Å². The maximum Gasteiger partial charge on any atom is 0.421 e. The summed E-state index contributed by atoms with van der Waals surface area (Å²) in [5.74, 6) is 0. The summed E-state index contributed by atoms with van der Waals surface area (Å²) in [6, 6.07) is 12.7. The molecule has 1 fully saturated rings. The molecular weight excluding hydrogens is 411 g/mol. The zero-order chi connectivity index (χ0) is 22.8. The number of benzene rings is 2. The predicted octanol–water partition coefficient (Wildman–Crippen LogP) is 3.49. The molecule has 2 unspecified atom stereocenters. The Kier molecular flexibility index (Phi) is 6.72. The zero-order valence-corrected chi connectivity index (χ0v) is 16.9. The molecule has 1 aliphatic rings. The predicted molar refractivity (Wildman–Crippen MR) is 106 cm³/mol. The van der Waals surface area contributed by atoms with E-state index in [1.807, 2.05) is 0 Å². The van der Waals surface area contributed by atoms with Crippen molar-refractivity contribution >= 4 is 0 Å². The summed E-state index contributed by atoms with van der Waals surface area (Å²) in [4.78, 5) is 0. The van der Waals surface area contributed by atoms with E-state index in [2.05, 4.69) is 6.07 Å². The molecule has 0 aliphatic carbocycles. The summed E-state index contributed by atoms with van der Waals surface area (Å²) in [5.41, 5.74) is -0.704. The molecule has 0 radical (unpaired) electrons. The molecule has 0 saturated carbocycles. The highest BCUT2D eigenvalue weighted by atomic mass is 19.4. The van der Waals surface area contributed by atoms with Gasteiger partial charge in [0.05, 0.1) is 36.6 Å². The van der Waals surface area contributed by atoms with Crippen LogP contribution in [-0.2, 0) is 16.8 Å². The molecule has 2 aromatic rings. The molecule has 2 aromatic carbocycles. The molecule has 1 aliphatic heterocycles. The van der Waals surface area contributed by atoms with Gasteiger partial charge in [0.1, 0.15) is 0 Å². The van der Waals surface area contributed by atoms with Crippen LogP contribution in [0.2, 0.25) is 0 Å². The second-order valence-corrected chi connectivity index (χ2v) is 8.03. The maximum absolute atomic E-state index is 13.0. The lowest BCUT2D eigenvalue weighted by atomic mass is 9.90. The van der Waals surface area contributed by atoms with E-state index in [4.69, 9.17) is 4.74 Å². The Morgan fingerprint density at radius 3 is 2.39 bits per heavy atom. The SMILES string of the molecule is CC(O)(c1ccc(Cc2cc([C@H]3CC(O)C[C@@H](CO)O3)ccc2C#N)cc1)C(F)(F)F. The lowest BCUT2D eigenvalue weighted by molar-refractivity contribution is -0.258. The third-order valence-corrected chi connectivity index (χ3v) is 5.67. The van der Waals surface area contributed by atoms with Gasteiger partial charge in [-0.15, -0.1) is 0 Å². The van der Waals surface area contributed by atoms with E-state index < -0.39 is 30.1 Å². The maximum atomic E-state index is 13.0. The number of ether oxygens (including phenoxy) is 1. The van der Waals surface area contributed by atoms with E-state index in [1.54, 1.807) is 18.2 Å². The van der Waals surface area contributed by atoms with Crippen molar-refractivity contribution in [3.63, 3.8) is 0 Å². The van der Waals surface area contributed by atoms with Gasteiger partial charge in [-0.25, -0.2) is 0 Å². The van der Waals surface area contributed by atoms with Gasteiger partial charge in [-0.2, -0.15) is 18.4 Å². The molecule has 0 aromatic heterocycles. The first-order valence-corrected chi connectivity index (χ1v) is 9.91. The summed E-state index contributed by atoms with van der Waals surface area (Å²) in [6.45, 7) is 0.502. The smallest absolute Gasteiger partial charge is 0.394 e. The Bertz CT molecular complexity index is 951. The highest BCUT2D eigenvalue weighted by Crippen LogP contribution is 2.38. The van der Waals surface area contributed by atoms with Crippen LogP contribution in [0.25, 0.3) is 0 Å². The van der Waals surface area contributed by atoms with Gasteiger partial charge in [-0.05, 0) is 41.7 Å². The van der Waals surface area contributed by atoms with Crippen LogP contribution < -0.4 is 0 Å². The number of aliphatic hydroxyl groups excluding tert-OH is 2. The van der Waals surface area contributed by atoms with Crippen molar-refractivity contribution < 1.29 is 33.2 Å². The molecule has 8 heteroatoms. The Labute approximate surface area is 178 Å². The molecule has 3 rings (SSSR count). The van der Waals surface area contributed by atoms with Gasteiger partial charge in [0, 0.05) is 12.8 Å². The fourth-order valence-electron chi connectivity index (χ4n) is 3.72. The third-order valence-electron chi connectivity index (χ3n) is 5.67. The van der Waals surface area contributed by atoms with Crippen molar-refractivity contribution in [2.24, 2.45) is 0 Å². The van der Waals surface area contributed by atoms with Crippen LogP contribution >= 0.6 is 0 Å². The number of rotatable bonds is 5. The minimum Gasteiger partial charge on any atom is -0.394 e. The van der Waals surface area contributed by atoms with Crippen LogP contribution in [0.1, 0.15) is 53.7 Å². The van der Waals surface area contributed by atoms with E-state index >= 15 is 0 Å². The summed E-state index contributed by atoms with van der Waals surface area (Å²) in [6.07, 6.45) is -5.30. The average molecular weight is 435 g/mol. The van der Waals surface area contributed by atoms with Gasteiger partial charge in [-0.3, -0.25) is 0 Å². The molecule has 0 bridgehead atoms. The Balaban J connectivity index is 1.84. The van der Waals surface area contributed by atoms with Crippen LogP contribution in [0.3, 0.4) is 0 Å². The number of nitrogens with zero attached hydrogens (tertiary/aromatic N) is 1. The fourth-order valence-corrected chi connectivity index (χ4v) is 3.72. The van der Waals surface area contributed by atoms with Crippen LogP contribution in [-0.4, -0.2) is 40.3 Å². The first-order valence-electron chi connectivity index (χ1n) is 9.91. The zero-order valence-electron chi connectivity index (χ0n) is 16.9. The fraction of sp³-hybridized carbons (Fsp3) is 0.435. The average Bonchev–Trinajstić information content (AvgIpc) is 2.72. The van der Waals surface area contributed by atoms with Crippen molar-refractivity contribution in [2.75, 3.05) is 6.61 Å². The lowest BCUT2D eigenvalue weighted by Crippen LogP contribution is -2.39. The van der Waals surface area contributed by atoms with Crippen LogP contribution in [0.15, 0.2) is 42.5 Å². The van der Waals surface area contributed by atoms with Crippen LogP contribution in [0.5, 0.6) is 0 Å². The van der Waals surface area contributed by atoms with E-state index in [-0.39, 0.29) is 12.2 Å². The third kappa shape index (κ3) is 5.08. The quantitative estimate of drug-likeness (QED) is 0.669. The van der Waals surface area contributed by atoms with Gasteiger partial charge in [0.25, 0.3) is 0 Å². The first kappa shape index (κ1) is 23.2. The molecule has 4 atom stereocenters. The van der Waals surface area contributed by atoms with Gasteiger partial charge in [-0.1, -0.05) is 36.4 Å². The minimum atomic E-state index is -4.80. The normalized spacial score (nSPS) is 23.7. The molecule has 3 N–H and O–H groups in total. The second kappa shape index (κ2) is 8.97. The number of hydrogen-bond donors (Lipinski definition) is 3. The number of halogens is 3. The highest BCUT2D eigenvalue weighted by Gasteiger charge is 2.51. The number of aliphatic hydroxyl groups is 3. The molecule has 0 amide bonds. The molecule has 1 saturated heterocycles. The van der Waals surface area contributed by atoms with Gasteiger partial charge < -0.3 is 20.1 Å². The number of nitriles is 1. The second-order valence-electron chi connectivity index (χ2n) is 8.03. The summed E-state index contributed by atoms with van der Waals surface area (Å²) in [7, 11) is 0. The number of alkyl halides is 3. The largest absolute Gasteiger partial charge is 0.421 e. The molecule has 166 valence electrons. The molecule has 1 heterocycles.